The van der Waals surface area contributed by atoms with E-state index in [0.29, 0.717) is 11.4 Å². The summed E-state index contributed by atoms with van der Waals surface area (Å²) in [5.41, 5.74) is 2.00. The van der Waals surface area contributed by atoms with Crippen LogP contribution in [0.5, 0.6) is 0 Å². The fraction of sp³-hybridized carbons (Fsp3) is 0.0952. The van der Waals surface area contributed by atoms with Gasteiger partial charge in [-0.3, -0.25) is 9.79 Å². The van der Waals surface area contributed by atoms with Crippen LogP contribution in [0, 0.1) is 11.7 Å². The average Bonchev–Trinajstić information content (AvgIpc) is 2.94. The second kappa shape index (κ2) is 6.52. The van der Waals surface area contributed by atoms with Crippen molar-refractivity contribution in [2.75, 3.05) is 5.01 Å². The monoisotopic (exact) mass is 345 g/mol. The van der Waals surface area contributed by atoms with Gasteiger partial charge in [0.2, 0.25) is 0 Å². The topological polar surface area (TPSA) is 45.0 Å². The summed E-state index contributed by atoms with van der Waals surface area (Å²) in [5.74, 6) is -1.08. The Morgan fingerprint density at radius 3 is 2.58 bits per heavy atom. The number of amides is 1. The van der Waals surface area contributed by atoms with Gasteiger partial charge in [0.25, 0.3) is 5.91 Å². The Morgan fingerprint density at radius 2 is 1.77 bits per heavy atom. The zero-order chi connectivity index (χ0) is 18.1. The highest BCUT2D eigenvalue weighted by atomic mass is 19.1. The number of fused-ring (bicyclic) bond motifs is 1. The molecule has 1 atom stereocenters. The third kappa shape index (κ3) is 2.88. The fourth-order valence-corrected chi connectivity index (χ4v) is 2.99. The van der Waals surface area contributed by atoms with Crippen LogP contribution in [0.4, 0.5) is 15.8 Å². The third-order valence-corrected chi connectivity index (χ3v) is 4.38. The Balaban J connectivity index is 1.62. The molecule has 3 aromatic rings. The summed E-state index contributed by atoms with van der Waals surface area (Å²) in [6.07, 6.45) is 1.63. The van der Waals surface area contributed by atoms with Crippen LogP contribution in [0.3, 0.4) is 0 Å². The molecule has 4 nitrogen and oxygen atoms in total. The number of hydrogen-bond acceptors (Lipinski definition) is 3. The molecule has 128 valence electrons. The van der Waals surface area contributed by atoms with Crippen LogP contribution in [0.2, 0.25) is 0 Å². The molecule has 1 unspecified atom stereocenters. The molecule has 0 saturated heterocycles. The molecule has 3 aromatic carbocycles. The minimum absolute atomic E-state index is 0.196. The van der Waals surface area contributed by atoms with Crippen LogP contribution < -0.4 is 5.01 Å². The lowest BCUT2D eigenvalue weighted by Gasteiger charge is -2.12. The number of aliphatic imine (C=N–C) groups is 1. The van der Waals surface area contributed by atoms with Crippen LogP contribution in [0.15, 0.2) is 76.8 Å². The molecule has 5 heteroatoms. The van der Waals surface area contributed by atoms with Gasteiger partial charge in [-0.15, -0.1) is 0 Å². The number of benzene rings is 3. The molecule has 0 aromatic heterocycles. The van der Waals surface area contributed by atoms with Crippen molar-refractivity contribution in [1.82, 2.24) is 0 Å². The molecule has 0 aliphatic carbocycles. The smallest absolute Gasteiger partial charge is 0.261 e. The number of carbonyl (C=O) groups excluding carboxylic acids is 1. The summed E-state index contributed by atoms with van der Waals surface area (Å²) < 4.78 is 13.1. The predicted molar refractivity (Wildman–Crippen MR) is 103 cm³/mol. The highest BCUT2D eigenvalue weighted by Crippen LogP contribution is 2.27. The maximum Gasteiger partial charge on any atom is 0.261 e. The number of anilines is 1. The van der Waals surface area contributed by atoms with Gasteiger partial charge in [-0.05, 0) is 42.6 Å². The van der Waals surface area contributed by atoms with Crippen molar-refractivity contribution in [2.24, 2.45) is 16.0 Å². The lowest BCUT2D eigenvalue weighted by Crippen LogP contribution is -2.27. The molecule has 0 N–H and O–H groups in total. The van der Waals surface area contributed by atoms with E-state index in [-0.39, 0.29) is 11.7 Å². The largest absolute Gasteiger partial charge is 0.271 e. The van der Waals surface area contributed by atoms with Crippen LogP contribution in [0.1, 0.15) is 6.92 Å². The molecule has 0 radical (unpaired) electrons. The van der Waals surface area contributed by atoms with Gasteiger partial charge in [0, 0.05) is 11.6 Å². The van der Waals surface area contributed by atoms with E-state index >= 15 is 0 Å². The summed E-state index contributed by atoms with van der Waals surface area (Å²) in [4.78, 5) is 17.3. The van der Waals surface area contributed by atoms with E-state index < -0.39 is 5.92 Å². The van der Waals surface area contributed by atoms with Crippen molar-refractivity contribution >= 4 is 40.0 Å². The third-order valence-electron chi connectivity index (χ3n) is 4.38. The highest BCUT2D eigenvalue weighted by Gasteiger charge is 2.33. The standard InChI is InChI=1S/C21H16FN3O/c1-14-19(21(26)25(24-14)17-11-9-16(22)10-12-17)13-23-20-8-4-6-15-5-2-3-7-18(15)20/h2-13,19H,1H3. The van der Waals surface area contributed by atoms with E-state index in [1.54, 1.807) is 13.1 Å². The van der Waals surface area contributed by atoms with Gasteiger partial charge < -0.3 is 0 Å². The molecule has 1 amide bonds. The van der Waals surface area contributed by atoms with Crippen molar-refractivity contribution in [2.45, 2.75) is 6.92 Å². The fourth-order valence-electron chi connectivity index (χ4n) is 2.99. The Bertz CT molecular complexity index is 1040. The molecule has 0 saturated carbocycles. The van der Waals surface area contributed by atoms with Gasteiger partial charge in [0.1, 0.15) is 11.7 Å². The van der Waals surface area contributed by atoms with Crippen LogP contribution in [-0.2, 0) is 4.79 Å². The molecular formula is C21H16FN3O. The number of hydrazone groups is 1. The zero-order valence-corrected chi connectivity index (χ0v) is 14.1. The Labute approximate surface area is 150 Å². The molecule has 1 heterocycles. The number of carbonyl (C=O) groups is 1. The molecule has 1 aliphatic rings. The average molecular weight is 345 g/mol. The SMILES string of the molecule is CC1=NN(c2ccc(F)cc2)C(=O)C1C=Nc1cccc2ccccc12. The predicted octanol–water partition coefficient (Wildman–Crippen LogP) is 4.72. The van der Waals surface area contributed by atoms with E-state index in [2.05, 4.69) is 10.1 Å². The van der Waals surface area contributed by atoms with Crippen molar-refractivity contribution in [3.8, 4) is 0 Å². The second-order valence-corrected chi connectivity index (χ2v) is 6.12. The first-order valence-corrected chi connectivity index (χ1v) is 8.30. The zero-order valence-electron chi connectivity index (χ0n) is 14.1. The van der Waals surface area contributed by atoms with Crippen molar-refractivity contribution in [3.05, 3.63) is 72.5 Å². The molecule has 0 spiro atoms. The van der Waals surface area contributed by atoms with Gasteiger partial charge >= 0.3 is 0 Å². The minimum Gasteiger partial charge on any atom is -0.271 e. The van der Waals surface area contributed by atoms with E-state index in [9.17, 15) is 9.18 Å². The van der Waals surface area contributed by atoms with Crippen LogP contribution in [-0.4, -0.2) is 17.8 Å². The number of halogens is 1. The Morgan fingerprint density at radius 1 is 1.04 bits per heavy atom. The summed E-state index contributed by atoms with van der Waals surface area (Å²) in [7, 11) is 0. The summed E-state index contributed by atoms with van der Waals surface area (Å²) in [5, 5.41) is 7.74. The van der Waals surface area contributed by atoms with E-state index in [0.717, 1.165) is 16.5 Å². The summed E-state index contributed by atoms with van der Waals surface area (Å²) in [6.45, 7) is 1.79. The quantitative estimate of drug-likeness (QED) is 0.634. The first-order valence-electron chi connectivity index (χ1n) is 8.30. The maximum absolute atomic E-state index is 13.1. The van der Waals surface area contributed by atoms with Gasteiger partial charge in [-0.2, -0.15) is 10.1 Å². The van der Waals surface area contributed by atoms with Crippen molar-refractivity contribution in [3.63, 3.8) is 0 Å². The van der Waals surface area contributed by atoms with Crippen molar-refractivity contribution in [1.29, 1.82) is 0 Å². The number of nitrogens with zero attached hydrogens (tertiary/aromatic N) is 3. The van der Waals surface area contributed by atoms with E-state index in [4.69, 9.17) is 0 Å². The molecule has 0 fully saturated rings. The highest BCUT2D eigenvalue weighted by molar-refractivity contribution is 6.23. The molecule has 4 rings (SSSR count). The van der Waals surface area contributed by atoms with E-state index in [1.165, 1.54) is 29.3 Å². The Kier molecular flexibility index (Phi) is 4.05. The second-order valence-electron chi connectivity index (χ2n) is 6.12. The maximum atomic E-state index is 13.1. The molecule has 0 bridgehead atoms. The van der Waals surface area contributed by atoms with Gasteiger partial charge in [0.05, 0.1) is 17.1 Å². The molecular weight excluding hydrogens is 329 g/mol. The number of hydrogen-bond donors (Lipinski definition) is 0. The lowest BCUT2D eigenvalue weighted by molar-refractivity contribution is -0.118. The summed E-state index contributed by atoms with van der Waals surface area (Å²) in [6, 6.07) is 19.6. The first kappa shape index (κ1) is 16.1. The van der Waals surface area contributed by atoms with Crippen LogP contribution in [0.25, 0.3) is 10.8 Å². The minimum atomic E-state index is -0.529. The lowest BCUT2D eigenvalue weighted by atomic mass is 10.1. The van der Waals surface area contributed by atoms with Gasteiger partial charge in [-0.25, -0.2) is 4.39 Å². The van der Waals surface area contributed by atoms with Gasteiger partial charge in [0.15, 0.2) is 0 Å². The van der Waals surface area contributed by atoms with Crippen molar-refractivity contribution < 1.29 is 9.18 Å². The van der Waals surface area contributed by atoms with Crippen LogP contribution >= 0.6 is 0 Å². The first-order chi connectivity index (χ1) is 12.6. The molecule has 1 aliphatic heterocycles. The number of rotatable bonds is 3. The summed E-state index contributed by atoms with van der Waals surface area (Å²) >= 11 is 0. The van der Waals surface area contributed by atoms with Gasteiger partial charge in [-0.1, -0.05) is 36.4 Å². The normalized spacial score (nSPS) is 17.3. The Hall–Kier alpha value is -3.34. The molecule has 26 heavy (non-hydrogen) atoms. The van der Waals surface area contributed by atoms with E-state index in [1.807, 2.05) is 42.5 Å².